The van der Waals surface area contributed by atoms with E-state index < -0.39 is 6.10 Å². The van der Waals surface area contributed by atoms with Crippen molar-refractivity contribution in [1.29, 1.82) is 0 Å². The van der Waals surface area contributed by atoms with E-state index in [2.05, 4.69) is 34.6 Å². The zero-order chi connectivity index (χ0) is 41.9. The predicted octanol–water partition coefficient (Wildman–Crippen LogP) is 16.1. The Morgan fingerprint density at radius 2 is 0.667 bits per heavy atom. The van der Waals surface area contributed by atoms with E-state index in [1.807, 2.05) is 0 Å². The third-order valence-corrected chi connectivity index (χ3v) is 11.8. The Labute approximate surface area is 355 Å². The average Bonchev–Trinajstić information content (AvgIpc) is 3.19. The van der Waals surface area contributed by atoms with Gasteiger partial charge in [0.2, 0.25) is 0 Å². The van der Waals surface area contributed by atoms with Gasteiger partial charge in [0.25, 0.3) is 0 Å². The molecule has 0 amide bonds. The summed E-state index contributed by atoms with van der Waals surface area (Å²) >= 11 is 0. The highest BCUT2D eigenvalue weighted by molar-refractivity contribution is 5.71. The molecule has 6 heteroatoms. The van der Waals surface area contributed by atoms with E-state index in [1.165, 1.54) is 167 Å². The first-order valence-corrected chi connectivity index (χ1v) is 25.3. The van der Waals surface area contributed by atoms with Gasteiger partial charge in [-0.15, -0.1) is 0 Å². The number of carbonyl (C=O) groups excluding carboxylic acids is 3. The van der Waals surface area contributed by atoms with Crippen molar-refractivity contribution in [3.63, 3.8) is 0 Å². The largest absolute Gasteiger partial charge is 0.462 e. The topological polar surface area (TPSA) is 78.9 Å². The Morgan fingerprint density at radius 1 is 0.368 bits per heavy atom. The molecule has 0 aliphatic heterocycles. The molecule has 0 rings (SSSR count). The minimum atomic E-state index is -0.762. The number of hydrogen-bond acceptors (Lipinski definition) is 6. The van der Waals surface area contributed by atoms with Crippen molar-refractivity contribution in [3.8, 4) is 0 Å². The van der Waals surface area contributed by atoms with Crippen LogP contribution in [-0.2, 0) is 28.6 Å². The summed E-state index contributed by atoms with van der Waals surface area (Å²) in [4.78, 5) is 37.8. The van der Waals surface area contributed by atoms with Crippen LogP contribution in [0.15, 0.2) is 0 Å². The van der Waals surface area contributed by atoms with Gasteiger partial charge in [-0.1, -0.05) is 240 Å². The van der Waals surface area contributed by atoms with Crippen LogP contribution < -0.4 is 0 Å². The van der Waals surface area contributed by atoms with Gasteiger partial charge < -0.3 is 14.2 Å². The van der Waals surface area contributed by atoms with Crippen LogP contribution in [-0.4, -0.2) is 37.2 Å². The molecule has 0 fully saturated rings. The first-order valence-electron chi connectivity index (χ1n) is 25.3. The highest BCUT2D eigenvalue weighted by Crippen LogP contribution is 2.17. The lowest BCUT2D eigenvalue weighted by Crippen LogP contribution is -2.30. The molecule has 0 heterocycles. The van der Waals surface area contributed by atoms with E-state index >= 15 is 0 Å². The molecule has 0 bridgehead atoms. The van der Waals surface area contributed by atoms with Crippen LogP contribution in [0, 0.1) is 11.8 Å². The van der Waals surface area contributed by atoms with Crippen molar-refractivity contribution < 1.29 is 28.6 Å². The Morgan fingerprint density at radius 3 is 1.00 bits per heavy atom. The number of ether oxygens (including phenoxy) is 3. The maximum absolute atomic E-state index is 12.7. The molecular weight excluding hydrogens is 709 g/mol. The summed E-state index contributed by atoms with van der Waals surface area (Å²) < 4.78 is 16.8. The second-order valence-electron chi connectivity index (χ2n) is 18.2. The highest BCUT2D eigenvalue weighted by atomic mass is 16.6. The van der Waals surface area contributed by atoms with Gasteiger partial charge in [0.05, 0.1) is 0 Å². The first-order chi connectivity index (χ1) is 27.8. The zero-order valence-electron chi connectivity index (χ0n) is 39.0. The van der Waals surface area contributed by atoms with Crippen molar-refractivity contribution in [1.82, 2.24) is 0 Å². The second kappa shape index (κ2) is 44.0. The summed E-state index contributed by atoms with van der Waals surface area (Å²) in [5.74, 6) is 0.750. The van der Waals surface area contributed by atoms with Crippen LogP contribution >= 0.6 is 0 Å². The number of carbonyl (C=O) groups is 3. The lowest BCUT2D eigenvalue weighted by atomic mass is 10.00. The van der Waals surface area contributed by atoms with Crippen molar-refractivity contribution in [2.75, 3.05) is 13.2 Å². The summed E-state index contributed by atoms with van der Waals surface area (Å²) in [5, 5.41) is 0. The molecule has 0 aliphatic rings. The van der Waals surface area contributed by atoms with Crippen molar-refractivity contribution >= 4 is 17.9 Å². The molecule has 0 aromatic carbocycles. The van der Waals surface area contributed by atoms with E-state index in [-0.39, 0.29) is 31.1 Å². The molecule has 0 spiro atoms. The summed E-state index contributed by atoms with van der Waals surface area (Å²) in [6.45, 7) is 11.3. The molecule has 1 unspecified atom stereocenters. The van der Waals surface area contributed by atoms with Gasteiger partial charge in [-0.05, 0) is 31.1 Å². The maximum atomic E-state index is 12.7. The molecule has 6 nitrogen and oxygen atoms in total. The fourth-order valence-corrected chi connectivity index (χ4v) is 7.60. The molecule has 0 aliphatic carbocycles. The second-order valence-corrected chi connectivity index (χ2v) is 18.2. The average molecular weight is 807 g/mol. The first kappa shape index (κ1) is 55.4. The van der Waals surface area contributed by atoms with Gasteiger partial charge in [0.1, 0.15) is 13.2 Å². The van der Waals surface area contributed by atoms with Gasteiger partial charge in [-0.2, -0.15) is 0 Å². The standard InChI is InChI=1S/C51H98O6/c1-6-8-9-10-11-12-13-14-15-16-17-18-19-20-21-25-31-36-41-49(52)55-44-48(57-51(54)43-38-33-28-27-30-35-40-47(5)7-2)45-56-50(53)42-37-32-26-23-22-24-29-34-39-46(3)4/h46-48H,6-45H2,1-5H3/t47?,48-/m0/s1. The van der Waals surface area contributed by atoms with E-state index in [9.17, 15) is 14.4 Å². The van der Waals surface area contributed by atoms with Gasteiger partial charge in [-0.25, -0.2) is 0 Å². The Bertz CT molecular complexity index is 872. The lowest BCUT2D eigenvalue weighted by molar-refractivity contribution is -0.167. The zero-order valence-corrected chi connectivity index (χ0v) is 39.0. The van der Waals surface area contributed by atoms with Crippen molar-refractivity contribution in [3.05, 3.63) is 0 Å². The monoisotopic (exact) mass is 807 g/mol. The van der Waals surface area contributed by atoms with Crippen LogP contribution in [0.2, 0.25) is 0 Å². The highest BCUT2D eigenvalue weighted by Gasteiger charge is 2.19. The van der Waals surface area contributed by atoms with Crippen molar-refractivity contribution in [2.45, 2.75) is 285 Å². The number of rotatable bonds is 45. The summed E-state index contributed by atoms with van der Waals surface area (Å²) in [6.07, 6.45) is 43.9. The third kappa shape index (κ3) is 43.8. The van der Waals surface area contributed by atoms with Gasteiger partial charge in [0, 0.05) is 19.3 Å². The quantitative estimate of drug-likeness (QED) is 0.0346. The normalized spacial score (nSPS) is 12.5. The summed E-state index contributed by atoms with van der Waals surface area (Å²) in [5.41, 5.74) is 0. The van der Waals surface area contributed by atoms with Gasteiger partial charge >= 0.3 is 17.9 Å². The molecule has 2 atom stereocenters. The van der Waals surface area contributed by atoms with E-state index in [0.29, 0.717) is 19.3 Å². The van der Waals surface area contributed by atoms with Crippen LogP contribution in [0.5, 0.6) is 0 Å². The number of esters is 3. The molecule has 0 aromatic rings. The predicted molar refractivity (Wildman–Crippen MR) is 243 cm³/mol. The van der Waals surface area contributed by atoms with E-state index in [1.54, 1.807) is 0 Å². The van der Waals surface area contributed by atoms with Crippen molar-refractivity contribution in [2.24, 2.45) is 11.8 Å². The molecule has 0 aromatic heterocycles. The maximum Gasteiger partial charge on any atom is 0.306 e. The number of hydrogen-bond donors (Lipinski definition) is 0. The van der Waals surface area contributed by atoms with Gasteiger partial charge in [0.15, 0.2) is 6.10 Å². The Balaban J connectivity index is 4.24. The van der Waals surface area contributed by atoms with E-state index in [4.69, 9.17) is 14.2 Å². The Kier molecular flexibility index (Phi) is 42.7. The van der Waals surface area contributed by atoms with Crippen LogP contribution in [0.4, 0.5) is 0 Å². The third-order valence-electron chi connectivity index (χ3n) is 11.8. The van der Waals surface area contributed by atoms with Gasteiger partial charge in [-0.3, -0.25) is 14.4 Å². The number of unbranched alkanes of at least 4 members (excludes halogenated alkanes) is 29. The van der Waals surface area contributed by atoms with Crippen LogP contribution in [0.1, 0.15) is 279 Å². The van der Waals surface area contributed by atoms with E-state index in [0.717, 1.165) is 69.6 Å². The molecule has 0 saturated carbocycles. The van der Waals surface area contributed by atoms with Crippen LogP contribution in [0.3, 0.4) is 0 Å². The molecular formula is C51H98O6. The minimum Gasteiger partial charge on any atom is -0.462 e. The SMILES string of the molecule is CCCCCCCCCCCCCCCCCCCCC(=O)OC[C@@H](COC(=O)CCCCCCCCCCC(C)C)OC(=O)CCCCCCCCC(C)CC. The van der Waals surface area contributed by atoms with Crippen LogP contribution in [0.25, 0.3) is 0 Å². The fourth-order valence-electron chi connectivity index (χ4n) is 7.60. The lowest BCUT2D eigenvalue weighted by Gasteiger charge is -2.18. The summed E-state index contributed by atoms with van der Waals surface area (Å²) in [7, 11) is 0. The minimum absolute atomic E-state index is 0.0652. The molecule has 57 heavy (non-hydrogen) atoms. The summed E-state index contributed by atoms with van der Waals surface area (Å²) in [6, 6.07) is 0. The fraction of sp³-hybridized carbons (Fsp3) is 0.941. The molecule has 338 valence electrons. The molecule has 0 saturated heterocycles. The molecule has 0 radical (unpaired) electrons. The smallest absolute Gasteiger partial charge is 0.306 e. The Hall–Kier alpha value is -1.59. The molecule has 0 N–H and O–H groups in total.